The fraction of sp³-hybridized carbons (Fsp3) is 0.692. The topological polar surface area (TPSA) is 53.1 Å². The van der Waals surface area contributed by atoms with Crippen molar-refractivity contribution in [2.75, 3.05) is 37.8 Å². The van der Waals surface area contributed by atoms with Crippen molar-refractivity contribution in [1.82, 2.24) is 14.9 Å². The molecule has 0 radical (unpaired) electrons. The van der Waals surface area contributed by atoms with Crippen molar-refractivity contribution >= 4 is 11.6 Å². The summed E-state index contributed by atoms with van der Waals surface area (Å²) in [6.07, 6.45) is 2.51. The second-order valence-electron chi connectivity index (χ2n) is 4.65. The van der Waals surface area contributed by atoms with E-state index in [1.165, 1.54) is 0 Å². The highest BCUT2D eigenvalue weighted by Gasteiger charge is 2.08. The Balaban J connectivity index is 2.62. The molecule has 0 aliphatic carbocycles. The minimum atomic E-state index is 0.565. The maximum atomic E-state index is 4.32. The Morgan fingerprint density at radius 2 is 1.94 bits per heavy atom. The quantitative estimate of drug-likeness (QED) is 0.774. The molecule has 102 valence electrons. The number of likely N-dealkylation sites (N-methyl/N-ethyl adjacent to an activating group) is 1. The summed E-state index contributed by atoms with van der Waals surface area (Å²) in [7, 11) is 4.02. The van der Waals surface area contributed by atoms with Gasteiger partial charge in [-0.15, -0.1) is 0 Å². The SMILES string of the molecule is CCc1c(NC)ncnc1NCCN(C)C(C)C. The summed E-state index contributed by atoms with van der Waals surface area (Å²) >= 11 is 0. The van der Waals surface area contributed by atoms with Gasteiger partial charge in [0.1, 0.15) is 18.0 Å². The first-order valence-electron chi connectivity index (χ1n) is 6.55. The van der Waals surface area contributed by atoms with Crippen molar-refractivity contribution < 1.29 is 0 Å². The van der Waals surface area contributed by atoms with Crippen molar-refractivity contribution in [3.8, 4) is 0 Å². The molecule has 1 aromatic heterocycles. The molecule has 2 N–H and O–H groups in total. The van der Waals surface area contributed by atoms with E-state index in [-0.39, 0.29) is 0 Å². The Kier molecular flexibility index (Phi) is 5.85. The van der Waals surface area contributed by atoms with Gasteiger partial charge in [-0.1, -0.05) is 6.92 Å². The third-order valence-electron chi connectivity index (χ3n) is 3.17. The maximum Gasteiger partial charge on any atom is 0.134 e. The molecule has 0 aliphatic heterocycles. The molecule has 0 aromatic carbocycles. The predicted molar refractivity (Wildman–Crippen MR) is 77.2 cm³/mol. The summed E-state index contributed by atoms with van der Waals surface area (Å²) in [6.45, 7) is 8.40. The molecule has 5 heteroatoms. The van der Waals surface area contributed by atoms with Crippen LogP contribution in [0.5, 0.6) is 0 Å². The lowest BCUT2D eigenvalue weighted by atomic mass is 10.2. The lowest BCUT2D eigenvalue weighted by molar-refractivity contribution is 0.284. The summed E-state index contributed by atoms with van der Waals surface area (Å²) in [4.78, 5) is 10.9. The van der Waals surface area contributed by atoms with Gasteiger partial charge in [-0.2, -0.15) is 0 Å². The second kappa shape index (κ2) is 7.16. The van der Waals surface area contributed by atoms with Gasteiger partial charge in [-0.3, -0.25) is 0 Å². The largest absolute Gasteiger partial charge is 0.373 e. The van der Waals surface area contributed by atoms with Crippen LogP contribution >= 0.6 is 0 Å². The lowest BCUT2D eigenvalue weighted by Gasteiger charge is -2.21. The molecule has 18 heavy (non-hydrogen) atoms. The Bertz CT molecular complexity index is 364. The zero-order chi connectivity index (χ0) is 13.5. The first-order chi connectivity index (χ1) is 8.60. The highest BCUT2D eigenvalue weighted by atomic mass is 15.1. The molecule has 0 fully saturated rings. The number of rotatable bonds is 7. The first kappa shape index (κ1) is 14.7. The summed E-state index contributed by atoms with van der Waals surface area (Å²) in [5.41, 5.74) is 1.15. The Labute approximate surface area is 110 Å². The number of anilines is 2. The van der Waals surface area contributed by atoms with Gasteiger partial charge in [-0.25, -0.2) is 9.97 Å². The van der Waals surface area contributed by atoms with E-state index in [0.29, 0.717) is 6.04 Å². The third kappa shape index (κ3) is 3.84. The molecule has 0 saturated heterocycles. The van der Waals surface area contributed by atoms with Gasteiger partial charge in [0.05, 0.1) is 0 Å². The van der Waals surface area contributed by atoms with Crippen molar-refractivity contribution in [1.29, 1.82) is 0 Å². The smallest absolute Gasteiger partial charge is 0.134 e. The van der Waals surface area contributed by atoms with Crippen LogP contribution in [-0.4, -0.2) is 48.1 Å². The van der Waals surface area contributed by atoms with Crippen molar-refractivity contribution in [3.63, 3.8) is 0 Å². The van der Waals surface area contributed by atoms with E-state index in [1.807, 2.05) is 7.05 Å². The molecule has 0 aliphatic rings. The van der Waals surface area contributed by atoms with Crippen molar-refractivity contribution in [2.45, 2.75) is 33.2 Å². The summed E-state index contributed by atoms with van der Waals surface area (Å²) < 4.78 is 0. The highest BCUT2D eigenvalue weighted by molar-refractivity contribution is 5.57. The Morgan fingerprint density at radius 3 is 2.50 bits per heavy atom. The maximum absolute atomic E-state index is 4.32. The van der Waals surface area contributed by atoms with E-state index >= 15 is 0 Å². The lowest BCUT2D eigenvalue weighted by Crippen LogP contribution is -2.31. The van der Waals surface area contributed by atoms with E-state index in [2.05, 4.69) is 53.3 Å². The zero-order valence-electron chi connectivity index (χ0n) is 12.1. The van der Waals surface area contributed by atoms with Crippen LogP contribution in [0.4, 0.5) is 11.6 Å². The van der Waals surface area contributed by atoms with Crippen molar-refractivity contribution in [3.05, 3.63) is 11.9 Å². The average Bonchev–Trinajstić information content (AvgIpc) is 2.37. The number of aromatic nitrogens is 2. The molecule has 0 bridgehead atoms. The highest BCUT2D eigenvalue weighted by Crippen LogP contribution is 2.19. The second-order valence-corrected chi connectivity index (χ2v) is 4.65. The van der Waals surface area contributed by atoms with Gasteiger partial charge in [-0.05, 0) is 27.3 Å². The fourth-order valence-electron chi connectivity index (χ4n) is 1.72. The fourth-order valence-corrected chi connectivity index (χ4v) is 1.72. The Morgan fingerprint density at radius 1 is 1.28 bits per heavy atom. The molecule has 5 nitrogen and oxygen atoms in total. The zero-order valence-corrected chi connectivity index (χ0v) is 12.1. The Hall–Kier alpha value is -1.36. The van der Waals surface area contributed by atoms with E-state index < -0.39 is 0 Å². The molecular formula is C13H25N5. The van der Waals surface area contributed by atoms with Crippen LogP contribution in [0.25, 0.3) is 0 Å². The van der Waals surface area contributed by atoms with Crippen LogP contribution in [0.1, 0.15) is 26.3 Å². The third-order valence-corrected chi connectivity index (χ3v) is 3.17. The minimum Gasteiger partial charge on any atom is -0.373 e. The molecule has 1 heterocycles. The average molecular weight is 251 g/mol. The number of nitrogens with one attached hydrogen (secondary N) is 2. The van der Waals surface area contributed by atoms with E-state index in [1.54, 1.807) is 6.33 Å². The molecule has 0 unspecified atom stereocenters. The van der Waals surface area contributed by atoms with Gasteiger partial charge >= 0.3 is 0 Å². The molecule has 0 atom stereocenters. The molecule has 0 spiro atoms. The molecule has 1 aromatic rings. The summed E-state index contributed by atoms with van der Waals surface area (Å²) in [6, 6.07) is 0.565. The first-order valence-corrected chi connectivity index (χ1v) is 6.55. The van der Waals surface area contributed by atoms with Gasteiger partial charge in [0.15, 0.2) is 0 Å². The molecule has 1 rings (SSSR count). The number of nitrogens with zero attached hydrogens (tertiary/aromatic N) is 3. The van der Waals surface area contributed by atoms with Crippen molar-refractivity contribution in [2.24, 2.45) is 0 Å². The van der Waals surface area contributed by atoms with E-state index in [0.717, 1.165) is 36.7 Å². The van der Waals surface area contributed by atoms with Gasteiger partial charge in [0, 0.05) is 31.7 Å². The standard InChI is InChI=1S/C13H25N5/c1-6-11-12(14-4)16-9-17-13(11)15-7-8-18(5)10(2)3/h9-10H,6-8H2,1-5H3,(H2,14,15,16,17). The van der Waals surface area contributed by atoms with E-state index in [9.17, 15) is 0 Å². The van der Waals surface area contributed by atoms with Crippen LogP contribution in [0, 0.1) is 0 Å². The summed E-state index contributed by atoms with van der Waals surface area (Å²) in [5, 5.41) is 6.49. The van der Waals surface area contributed by atoms with Crippen LogP contribution in [0.2, 0.25) is 0 Å². The predicted octanol–water partition coefficient (Wildman–Crippen LogP) is 1.83. The van der Waals surface area contributed by atoms with Gasteiger partial charge in [0.2, 0.25) is 0 Å². The van der Waals surface area contributed by atoms with Crippen LogP contribution < -0.4 is 10.6 Å². The van der Waals surface area contributed by atoms with Crippen LogP contribution in [0.3, 0.4) is 0 Å². The number of hydrogen-bond acceptors (Lipinski definition) is 5. The molecular weight excluding hydrogens is 226 g/mol. The summed E-state index contributed by atoms with van der Waals surface area (Å²) in [5.74, 6) is 1.85. The molecule has 0 saturated carbocycles. The number of hydrogen-bond donors (Lipinski definition) is 2. The van der Waals surface area contributed by atoms with Gasteiger partial charge < -0.3 is 15.5 Å². The minimum absolute atomic E-state index is 0.565. The van der Waals surface area contributed by atoms with Gasteiger partial charge in [0.25, 0.3) is 0 Å². The molecule has 0 amide bonds. The normalized spacial score (nSPS) is 11.1. The van der Waals surface area contributed by atoms with Crippen LogP contribution in [-0.2, 0) is 6.42 Å². The van der Waals surface area contributed by atoms with E-state index in [4.69, 9.17) is 0 Å². The monoisotopic (exact) mass is 251 g/mol. The van der Waals surface area contributed by atoms with Crippen LogP contribution in [0.15, 0.2) is 6.33 Å².